The molecule has 0 aliphatic rings. The smallest absolute Gasteiger partial charge is 0.319 e. The summed E-state index contributed by atoms with van der Waals surface area (Å²) in [7, 11) is 0. The van der Waals surface area contributed by atoms with E-state index < -0.39 is 0 Å². The minimum atomic E-state index is -0.213. The third-order valence-corrected chi connectivity index (χ3v) is 4.33. The molecule has 0 radical (unpaired) electrons. The van der Waals surface area contributed by atoms with Crippen molar-refractivity contribution in [3.05, 3.63) is 28.8 Å². The van der Waals surface area contributed by atoms with E-state index in [1.54, 1.807) is 12.1 Å². The number of carbonyl (C=O) groups excluding carboxylic acids is 1. The first kappa shape index (κ1) is 20.8. The fraction of sp³-hybridized carbons (Fsp3) is 0.632. The fourth-order valence-corrected chi connectivity index (χ4v) is 2.59. The van der Waals surface area contributed by atoms with Gasteiger partial charge in [0, 0.05) is 30.5 Å². The molecule has 0 aliphatic carbocycles. The van der Waals surface area contributed by atoms with E-state index in [0.717, 1.165) is 24.3 Å². The van der Waals surface area contributed by atoms with E-state index >= 15 is 0 Å². The quantitative estimate of drug-likeness (QED) is 0.523. The molecule has 0 fully saturated rings. The van der Waals surface area contributed by atoms with Crippen LogP contribution in [0.2, 0.25) is 5.02 Å². The van der Waals surface area contributed by atoms with Gasteiger partial charge in [0.25, 0.3) is 0 Å². The molecular formula is C19H31ClN2O2. The van der Waals surface area contributed by atoms with Crippen molar-refractivity contribution in [2.75, 3.05) is 25.1 Å². The van der Waals surface area contributed by atoms with E-state index in [1.807, 2.05) is 13.0 Å². The van der Waals surface area contributed by atoms with Gasteiger partial charge in [0.15, 0.2) is 0 Å². The average molecular weight is 355 g/mol. The Balaban J connectivity index is 2.14. The van der Waals surface area contributed by atoms with Crippen molar-refractivity contribution in [2.45, 2.75) is 52.9 Å². The second-order valence-electron chi connectivity index (χ2n) is 6.19. The number of hydrogen-bond donors (Lipinski definition) is 2. The van der Waals surface area contributed by atoms with Crippen molar-refractivity contribution in [1.29, 1.82) is 0 Å². The number of carbonyl (C=O) groups is 1. The number of halogens is 1. The Labute approximate surface area is 151 Å². The van der Waals surface area contributed by atoms with E-state index in [1.165, 1.54) is 25.7 Å². The number of nitrogens with one attached hydrogen (secondary N) is 2. The number of hydrogen-bond acceptors (Lipinski definition) is 2. The highest BCUT2D eigenvalue weighted by atomic mass is 35.5. The molecule has 1 rings (SSSR count). The molecule has 0 aliphatic heterocycles. The molecule has 1 aromatic rings. The lowest BCUT2D eigenvalue weighted by molar-refractivity contribution is 0.0925. The molecule has 2 amide bonds. The van der Waals surface area contributed by atoms with Crippen molar-refractivity contribution >= 4 is 23.3 Å². The Morgan fingerprint density at radius 2 is 2.08 bits per heavy atom. The zero-order chi connectivity index (χ0) is 17.8. The molecule has 0 bridgehead atoms. The number of urea groups is 1. The van der Waals surface area contributed by atoms with Gasteiger partial charge < -0.3 is 15.4 Å². The molecule has 0 spiro atoms. The largest absolute Gasteiger partial charge is 0.381 e. The normalized spacial score (nSPS) is 12.0. The van der Waals surface area contributed by atoms with E-state index in [0.29, 0.717) is 24.1 Å². The standard InChI is InChI=1S/C19H31ClN2O2/c1-4-6-8-16(5-2)14-24-12-7-11-21-19(23)22-18-13-17(20)10-9-15(18)3/h9-10,13,16H,4-8,11-12,14H2,1-3H3,(H2,21,22,23). The molecule has 2 N–H and O–H groups in total. The van der Waals surface area contributed by atoms with Crippen LogP contribution in [0.4, 0.5) is 10.5 Å². The fourth-order valence-electron chi connectivity index (χ4n) is 2.42. The van der Waals surface area contributed by atoms with Crippen LogP contribution in [-0.4, -0.2) is 25.8 Å². The van der Waals surface area contributed by atoms with Gasteiger partial charge in [-0.3, -0.25) is 0 Å². The van der Waals surface area contributed by atoms with Gasteiger partial charge in [0.05, 0.1) is 0 Å². The molecule has 0 aromatic heterocycles. The van der Waals surface area contributed by atoms with Crippen LogP contribution in [0.15, 0.2) is 18.2 Å². The SMILES string of the molecule is CCCCC(CC)COCCCNC(=O)Nc1cc(Cl)ccc1C. The summed E-state index contributed by atoms with van der Waals surface area (Å²) in [6.07, 6.45) is 5.73. The highest BCUT2D eigenvalue weighted by Crippen LogP contribution is 2.19. The first-order valence-electron chi connectivity index (χ1n) is 8.95. The molecule has 1 atom stereocenters. The predicted molar refractivity (Wildman–Crippen MR) is 102 cm³/mol. The molecule has 0 saturated heterocycles. The van der Waals surface area contributed by atoms with Crippen molar-refractivity contribution in [1.82, 2.24) is 5.32 Å². The van der Waals surface area contributed by atoms with E-state index in [2.05, 4.69) is 24.5 Å². The van der Waals surface area contributed by atoms with Gasteiger partial charge in [0.2, 0.25) is 0 Å². The van der Waals surface area contributed by atoms with E-state index in [9.17, 15) is 4.79 Å². The lowest BCUT2D eigenvalue weighted by Crippen LogP contribution is -2.30. The van der Waals surface area contributed by atoms with Crippen LogP contribution in [0.5, 0.6) is 0 Å². The number of ether oxygens (including phenoxy) is 1. The Bertz CT molecular complexity index is 494. The van der Waals surface area contributed by atoms with Crippen LogP contribution in [0, 0.1) is 12.8 Å². The zero-order valence-electron chi connectivity index (χ0n) is 15.2. The number of unbranched alkanes of at least 4 members (excludes halogenated alkanes) is 1. The molecule has 0 saturated carbocycles. The summed E-state index contributed by atoms with van der Waals surface area (Å²) in [4.78, 5) is 11.9. The molecule has 5 heteroatoms. The maximum atomic E-state index is 11.9. The molecular weight excluding hydrogens is 324 g/mol. The van der Waals surface area contributed by atoms with Crippen molar-refractivity contribution in [3.63, 3.8) is 0 Å². The third kappa shape index (κ3) is 8.55. The minimum Gasteiger partial charge on any atom is -0.381 e. The lowest BCUT2D eigenvalue weighted by Gasteiger charge is -2.15. The Kier molecular flexibility index (Phi) is 10.5. The molecule has 4 nitrogen and oxygen atoms in total. The van der Waals surface area contributed by atoms with Crippen LogP contribution in [0.25, 0.3) is 0 Å². The average Bonchev–Trinajstić information content (AvgIpc) is 2.56. The molecule has 24 heavy (non-hydrogen) atoms. The molecule has 136 valence electrons. The van der Waals surface area contributed by atoms with E-state index in [-0.39, 0.29) is 6.03 Å². The summed E-state index contributed by atoms with van der Waals surface area (Å²) in [6, 6.07) is 5.23. The summed E-state index contributed by atoms with van der Waals surface area (Å²) >= 11 is 5.94. The van der Waals surface area contributed by atoms with Crippen molar-refractivity contribution in [2.24, 2.45) is 5.92 Å². The second-order valence-corrected chi connectivity index (χ2v) is 6.62. The monoisotopic (exact) mass is 354 g/mol. The summed E-state index contributed by atoms with van der Waals surface area (Å²) in [5.41, 5.74) is 1.72. The van der Waals surface area contributed by atoms with Crippen LogP contribution in [-0.2, 0) is 4.74 Å². The van der Waals surface area contributed by atoms with Gasteiger partial charge >= 0.3 is 6.03 Å². The lowest BCUT2D eigenvalue weighted by atomic mass is 10.0. The maximum absolute atomic E-state index is 11.9. The highest BCUT2D eigenvalue weighted by Gasteiger charge is 2.06. The Morgan fingerprint density at radius 1 is 1.29 bits per heavy atom. The Morgan fingerprint density at radius 3 is 2.79 bits per heavy atom. The first-order chi connectivity index (χ1) is 11.6. The zero-order valence-corrected chi connectivity index (χ0v) is 15.9. The number of aryl methyl sites for hydroxylation is 1. The summed E-state index contributed by atoms with van der Waals surface area (Å²) in [6.45, 7) is 8.46. The van der Waals surface area contributed by atoms with Gasteiger partial charge in [-0.15, -0.1) is 0 Å². The number of rotatable bonds is 11. The van der Waals surface area contributed by atoms with Gasteiger partial charge in [-0.1, -0.05) is 50.8 Å². The molecule has 1 aromatic carbocycles. The Hall–Kier alpha value is -1.26. The van der Waals surface area contributed by atoms with Crippen LogP contribution >= 0.6 is 11.6 Å². The molecule has 0 heterocycles. The summed E-state index contributed by atoms with van der Waals surface area (Å²) in [5, 5.41) is 6.27. The predicted octanol–water partition coefficient (Wildman–Crippen LogP) is 5.39. The molecule has 1 unspecified atom stereocenters. The third-order valence-electron chi connectivity index (χ3n) is 4.10. The van der Waals surface area contributed by atoms with Crippen molar-refractivity contribution < 1.29 is 9.53 Å². The van der Waals surface area contributed by atoms with Crippen LogP contribution in [0.1, 0.15) is 51.5 Å². The van der Waals surface area contributed by atoms with Crippen LogP contribution < -0.4 is 10.6 Å². The number of benzene rings is 1. The minimum absolute atomic E-state index is 0.213. The van der Waals surface area contributed by atoms with Crippen LogP contribution in [0.3, 0.4) is 0 Å². The van der Waals surface area contributed by atoms with E-state index in [4.69, 9.17) is 16.3 Å². The van der Waals surface area contributed by atoms with Crippen molar-refractivity contribution in [3.8, 4) is 0 Å². The topological polar surface area (TPSA) is 50.4 Å². The van der Waals surface area contributed by atoms with Gasteiger partial charge in [0.1, 0.15) is 0 Å². The summed E-state index contributed by atoms with van der Waals surface area (Å²) < 4.78 is 5.73. The second kappa shape index (κ2) is 12.2. The van der Waals surface area contributed by atoms with Gasteiger partial charge in [-0.25, -0.2) is 4.79 Å². The number of amides is 2. The van der Waals surface area contributed by atoms with Gasteiger partial charge in [-0.2, -0.15) is 0 Å². The number of anilines is 1. The summed E-state index contributed by atoms with van der Waals surface area (Å²) in [5.74, 6) is 0.659. The maximum Gasteiger partial charge on any atom is 0.319 e. The highest BCUT2D eigenvalue weighted by molar-refractivity contribution is 6.31. The first-order valence-corrected chi connectivity index (χ1v) is 9.33. The van der Waals surface area contributed by atoms with Gasteiger partial charge in [-0.05, 0) is 43.4 Å².